The summed E-state index contributed by atoms with van der Waals surface area (Å²) >= 11 is 0. The highest BCUT2D eigenvalue weighted by Gasteiger charge is 2.13. The molecule has 0 aliphatic carbocycles. The first-order chi connectivity index (χ1) is 9.54. The van der Waals surface area contributed by atoms with Crippen molar-refractivity contribution in [2.45, 2.75) is 39.3 Å². The van der Waals surface area contributed by atoms with E-state index in [1.54, 1.807) is 0 Å². The zero-order valence-corrected chi connectivity index (χ0v) is 12.2. The summed E-state index contributed by atoms with van der Waals surface area (Å²) in [5.41, 5.74) is 2.81. The largest absolute Gasteiger partial charge is 0.388 e. The summed E-state index contributed by atoms with van der Waals surface area (Å²) < 4.78 is 0. The SMILES string of the molecule is Cc1cc(C)nc(N[C@@H](C)C[C@H](O)c2ccccc2)n1. The number of anilines is 1. The Morgan fingerprint density at radius 2 is 1.70 bits per heavy atom. The number of benzene rings is 1. The number of rotatable bonds is 5. The maximum absolute atomic E-state index is 10.2. The smallest absolute Gasteiger partial charge is 0.223 e. The lowest BCUT2D eigenvalue weighted by Gasteiger charge is -2.18. The second kappa shape index (κ2) is 6.48. The summed E-state index contributed by atoms with van der Waals surface area (Å²) in [6.07, 6.45) is 0.130. The lowest BCUT2D eigenvalue weighted by Crippen LogP contribution is -2.20. The standard InChI is InChI=1S/C16H21N3O/c1-11-9-12(2)18-16(17-11)19-13(3)10-15(20)14-7-5-4-6-8-14/h4-9,13,15,20H,10H2,1-3H3,(H,17,18,19)/t13-,15-/m0/s1. The molecular formula is C16H21N3O. The highest BCUT2D eigenvalue weighted by Crippen LogP contribution is 2.19. The van der Waals surface area contributed by atoms with Crippen molar-refractivity contribution in [2.75, 3.05) is 5.32 Å². The predicted molar refractivity (Wildman–Crippen MR) is 80.6 cm³/mol. The van der Waals surface area contributed by atoms with Gasteiger partial charge in [0.25, 0.3) is 0 Å². The second-order valence-corrected chi connectivity index (χ2v) is 5.18. The van der Waals surface area contributed by atoms with Crippen LogP contribution in [-0.4, -0.2) is 21.1 Å². The molecule has 0 saturated heterocycles. The van der Waals surface area contributed by atoms with Crippen LogP contribution in [0, 0.1) is 13.8 Å². The molecular weight excluding hydrogens is 250 g/mol. The van der Waals surface area contributed by atoms with Crippen LogP contribution in [0.1, 0.15) is 36.4 Å². The van der Waals surface area contributed by atoms with E-state index < -0.39 is 6.10 Å². The second-order valence-electron chi connectivity index (χ2n) is 5.18. The van der Waals surface area contributed by atoms with Gasteiger partial charge in [0, 0.05) is 17.4 Å². The summed E-state index contributed by atoms with van der Waals surface area (Å²) in [4.78, 5) is 8.70. The predicted octanol–water partition coefficient (Wildman–Crippen LogP) is 3.02. The first kappa shape index (κ1) is 14.5. The summed E-state index contributed by atoms with van der Waals surface area (Å²) in [5, 5.41) is 13.4. The molecule has 0 bridgehead atoms. The van der Waals surface area contributed by atoms with E-state index in [0.717, 1.165) is 17.0 Å². The van der Waals surface area contributed by atoms with Gasteiger partial charge >= 0.3 is 0 Å². The zero-order valence-electron chi connectivity index (χ0n) is 12.2. The molecule has 2 atom stereocenters. The summed E-state index contributed by atoms with van der Waals surface area (Å²) in [5.74, 6) is 0.621. The van der Waals surface area contributed by atoms with Crippen LogP contribution in [0.15, 0.2) is 36.4 Å². The molecule has 0 aliphatic heterocycles. The molecule has 1 aromatic heterocycles. The monoisotopic (exact) mass is 271 g/mol. The highest BCUT2D eigenvalue weighted by molar-refractivity contribution is 5.29. The number of hydrogen-bond donors (Lipinski definition) is 2. The van der Waals surface area contributed by atoms with E-state index in [4.69, 9.17) is 0 Å². The summed E-state index contributed by atoms with van der Waals surface area (Å²) in [6.45, 7) is 5.92. The number of aliphatic hydroxyl groups excluding tert-OH is 1. The molecule has 0 saturated carbocycles. The fourth-order valence-electron chi connectivity index (χ4n) is 2.22. The molecule has 1 aromatic carbocycles. The Balaban J connectivity index is 1.97. The minimum atomic E-state index is -0.482. The molecule has 0 spiro atoms. The third-order valence-corrected chi connectivity index (χ3v) is 3.12. The van der Waals surface area contributed by atoms with Gasteiger partial charge in [-0.25, -0.2) is 9.97 Å². The lowest BCUT2D eigenvalue weighted by atomic mass is 10.0. The Bertz CT molecular complexity index is 537. The molecule has 2 rings (SSSR count). The van der Waals surface area contributed by atoms with Crippen LogP contribution in [0.4, 0.5) is 5.95 Å². The molecule has 2 N–H and O–H groups in total. The quantitative estimate of drug-likeness (QED) is 0.877. The summed E-state index contributed by atoms with van der Waals surface area (Å²) in [7, 11) is 0. The zero-order chi connectivity index (χ0) is 14.5. The molecule has 4 heteroatoms. The topological polar surface area (TPSA) is 58.0 Å². The van der Waals surface area contributed by atoms with Crippen molar-refractivity contribution in [3.8, 4) is 0 Å². The van der Waals surface area contributed by atoms with E-state index in [1.807, 2.05) is 57.2 Å². The molecule has 106 valence electrons. The van der Waals surface area contributed by atoms with Gasteiger partial charge in [0.2, 0.25) is 5.95 Å². The van der Waals surface area contributed by atoms with Crippen LogP contribution >= 0.6 is 0 Å². The third kappa shape index (κ3) is 4.03. The van der Waals surface area contributed by atoms with Crippen LogP contribution in [0.2, 0.25) is 0 Å². The fourth-order valence-corrected chi connectivity index (χ4v) is 2.22. The van der Waals surface area contributed by atoms with Gasteiger partial charge in [-0.15, -0.1) is 0 Å². The van der Waals surface area contributed by atoms with Crippen molar-refractivity contribution in [1.82, 2.24) is 9.97 Å². The van der Waals surface area contributed by atoms with E-state index >= 15 is 0 Å². The van der Waals surface area contributed by atoms with Crippen molar-refractivity contribution < 1.29 is 5.11 Å². The van der Waals surface area contributed by atoms with Crippen LogP contribution in [-0.2, 0) is 0 Å². The van der Waals surface area contributed by atoms with Crippen molar-refractivity contribution in [3.63, 3.8) is 0 Å². The molecule has 0 amide bonds. The van der Waals surface area contributed by atoms with Crippen LogP contribution in [0.25, 0.3) is 0 Å². The van der Waals surface area contributed by atoms with E-state index in [-0.39, 0.29) is 6.04 Å². The number of hydrogen-bond acceptors (Lipinski definition) is 4. The molecule has 0 aliphatic rings. The van der Waals surface area contributed by atoms with Gasteiger partial charge in [-0.2, -0.15) is 0 Å². The van der Waals surface area contributed by atoms with Crippen molar-refractivity contribution in [1.29, 1.82) is 0 Å². The molecule has 4 nitrogen and oxygen atoms in total. The van der Waals surface area contributed by atoms with E-state index in [0.29, 0.717) is 12.4 Å². The maximum Gasteiger partial charge on any atom is 0.223 e. The molecule has 2 aromatic rings. The Labute approximate surface area is 119 Å². The van der Waals surface area contributed by atoms with Gasteiger partial charge in [-0.3, -0.25) is 0 Å². The molecule has 0 unspecified atom stereocenters. The average Bonchev–Trinajstić information content (AvgIpc) is 2.38. The van der Waals surface area contributed by atoms with E-state index in [9.17, 15) is 5.11 Å². The van der Waals surface area contributed by atoms with Crippen molar-refractivity contribution in [2.24, 2.45) is 0 Å². The molecule has 1 heterocycles. The number of nitrogens with zero attached hydrogens (tertiary/aromatic N) is 2. The first-order valence-corrected chi connectivity index (χ1v) is 6.86. The minimum Gasteiger partial charge on any atom is -0.388 e. The third-order valence-electron chi connectivity index (χ3n) is 3.12. The Hall–Kier alpha value is -1.94. The Kier molecular flexibility index (Phi) is 4.69. The van der Waals surface area contributed by atoms with Gasteiger partial charge in [0.05, 0.1) is 6.10 Å². The van der Waals surface area contributed by atoms with Crippen LogP contribution in [0.5, 0.6) is 0 Å². The lowest BCUT2D eigenvalue weighted by molar-refractivity contribution is 0.162. The first-order valence-electron chi connectivity index (χ1n) is 6.86. The van der Waals surface area contributed by atoms with Gasteiger partial charge in [-0.05, 0) is 38.8 Å². The highest BCUT2D eigenvalue weighted by atomic mass is 16.3. The van der Waals surface area contributed by atoms with Crippen LogP contribution < -0.4 is 5.32 Å². The molecule has 0 fully saturated rings. The van der Waals surface area contributed by atoms with Gasteiger partial charge in [-0.1, -0.05) is 30.3 Å². The Morgan fingerprint density at radius 3 is 2.30 bits per heavy atom. The van der Waals surface area contributed by atoms with Crippen LogP contribution in [0.3, 0.4) is 0 Å². The van der Waals surface area contributed by atoms with E-state index in [1.165, 1.54) is 0 Å². The maximum atomic E-state index is 10.2. The normalized spacial score (nSPS) is 13.8. The number of aliphatic hydroxyl groups is 1. The molecule has 0 radical (unpaired) electrons. The average molecular weight is 271 g/mol. The van der Waals surface area contributed by atoms with Gasteiger partial charge in [0.15, 0.2) is 0 Å². The van der Waals surface area contributed by atoms with Gasteiger partial charge < -0.3 is 10.4 Å². The Morgan fingerprint density at radius 1 is 1.10 bits per heavy atom. The van der Waals surface area contributed by atoms with Crippen molar-refractivity contribution >= 4 is 5.95 Å². The fraction of sp³-hybridized carbons (Fsp3) is 0.375. The minimum absolute atomic E-state index is 0.0893. The number of aromatic nitrogens is 2. The van der Waals surface area contributed by atoms with Crippen molar-refractivity contribution in [3.05, 3.63) is 53.3 Å². The summed E-state index contributed by atoms with van der Waals surface area (Å²) in [6, 6.07) is 11.7. The number of aryl methyl sites for hydroxylation is 2. The number of nitrogens with one attached hydrogen (secondary N) is 1. The van der Waals surface area contributed by atoms with Gasteiger partial charge in [0.1, 0.15) is 0 Å². The van der Waals surface area contributed by atoms with E-state index in [2.05, 4.69) is 15.3 Å². The molecule has 20 heavy (non-hydrogen) atoms.